The van der Waals surface area contributed by atoms with Gasteiger partial charge in [0.25, 0.3) is 0 Å². The van der Waals surface area contributed by atoms with E-state index in [0.29, 0.717) is 25.9 Å². The second kappa shape index (κ2) is 6.76. The maximum atomic E-state index is 11.6. The van der Waals surface area contributed by atoms with E-state index >= 15 is 0 Å². The fourth-order valence-corrected chi connectivity index (χ4v) is 1.52. The van der Waals surface area contributed by atoms with Crippen LogP contribution in [0.2, 0.25) is 0 Å². The number of hydrogen-bond acceptors (Lipinski definition) is 4. The zero-order chi connectivity index (χ0) is 14.4. The molecule has 0 amide bonds. The molecule has 0 fully saturated rings. The highest BCUT2D eigenvalue weighted by Crippen LogP contribution is 2.27. The highest BCUT2D eigenvalue weighted by Gasteiger charge is 2.25. The third-order valence-corrected chi connectivity index (χ3v) is 2.35. The summed E-state index contributed by atoms with van der Waals surface area (Å²) in [5.41, 5.74) is -0.703. The van der Waals surface area contributed by atoms with E-state index in [2.05, 4.69) is 0 Å². The molecule has 0 radical (unpaired) electrons. The molecule has 18 heavy (non-hydrogen) atoms. The van der Waals surface area contributed by atoms with Crippen LogP contribution in [0.3, 0.4) is 0 Å². The first kappa shape index (κ1) is 16.9. The zero-order valence-corrected chi connectivity index (χ0v) is 12.5. The molecule has 0 saturated carbocycles. The normalized spacial score (nSPS) is 12.1. The Morgan fingerprint density at radius 3 is 2.00 bits per heavy atom. The zero-order valence-electron chi connectivity index (χ0n) is 12.5. The quantitative estimate of drug-likeness (QED) is 0.687. The van der Waals surface area contributed by atoms with Crippen molar-refractivity contribution in [3.8, 4) is 0 Å². The van der Waals surface area contributed by atoms with Crippen LogP contribution in [-0.2, 0) is 19.1 Å². The summed E-state index contributed by atoms with van der Waals surface area (Å²) in [6.07, 6.45) is 1.26. The van der Waals surface area contributed by atoms with E-state index in [4.69, 9.17) is 9.47 Å². The van der Waals surface area contributed by atoms with Crippen LogP contribution in [0.15, 0.2) is 0 Å². The minimum absolute atomic E-state index is 0.216. The lowest BCUT2D eigenvalue weighted by Gasteiger charge is -2.24. The largest absolute Gasteiger partial charge is 0.466 e. The van der Waals surface area contributed by atoms with Gasteiger partial charge in [0.2, 0.25) is 0 Å². The monoisotopic (exact) mass is 258 g/mol. The summed E-state index contributed by atoms with van der Waals surface area (Å²) < 4.78 is 10.1. The molecule has 0 unspecified atom stereocenters. The molecular formula is C14H26O4. The Hall–Kier alpha value is -1.06. The first-order chi connectivity index (χ1) is 8.06. The molecule has 0 aliphatic rings. The van der Waals surface area contributed by atoms with Gasteiger partial charge >= 0.3 is 11.9 Å². The van der Waals surface area contributed by atoms with Crippen LogP contribution in [0.4, 0.5) is 0 Å². The van der Waals surface area contributed by atoms with Crippen LogP contribution >= 0.6 is 0 Å². The molecule has 0 rings (SSSR count). The van der Waals surface area contributed by atoms with Crippen molar-refractivity contribution in [1.82, 2.24) is 0 Å². The van der Waals surface area contributed by atoms with E-state index in [9.17, 15) is 9.59 Å². The molecule has 4 heteroatoms. The van der Waals surface area contributed by atoms with Gasteiger partial charge in [0.15, 0.2) is 0 Å². The highest BCUT2D eigenvalue weighted by atomic mass is 16.6. The smallest absolute Gasteiger partial charge is 0.306 e. The molecule has 0 aliphatic heterocycles. The van der Waals surface area contributed by atoms with Gasteiger partial charge in [0.1, 0.15) is 5.60 Å². The van der Waals surface area contributed by atoms with Gasteiger partial charge in [-0.15, -0.1) is 0 Å². The topological polar surface area (TPSA) is 52.6 Å². The number of esters is 2. The van der Waals surface area contributed by atoms with E-state index < -0.39 is 5.60 Å². The lowest BCUT2D eigenvalue weighted by atomic mass is 9.84. The predicted molar refractivity (Wildman–Crippen MR) is 70.1 cm³/mol. The summed E-state index contributed by atoms with van der Waals surface area (Å²) >= 11 is 0. The van der Waals surface area contributed by atoms with Crippen molar-refractivity contribution in [2.24, 2.45) is 5.41 Å². The molecule has 0 aromatic rings. The van der Waals surface area contributed by atoms with Crippen molar-refractivity contribution in [3.63, 3.8) is 0 Å². The van der Waals surface area contributed by atoms with Gasteiger partial charge < -0.3 is 9.47 Å². The average Bonchev–Trinajstić information content (AvgIpc) is 2.11. The average molecular weight is 258 g/mol. The maximum absolute atomic E-state index is 11.6. The molecule has 0 spiro atoms. The molecule has 106 valence electrons. The summed E-state index contributed by atoms with van der Waals surface area (Å²) in [4.78, 5) is 23.0. The van der Waals surface area contributed by atoms with E-state index in [1.165, 1.54) is 0 Å². The standard InChI is InChI=1S/C14H26O4/c1-7-17-12(16)10-14(5,6)9-8-11(15)18-13(2,3)4/h7-10H2,1-6H3. The second-order valence-corrected chi connectivity index (χ2v) is 6.23. The van der Waals surface area contributed by atoms with Crippen LogP contribution in [0.5, 0.6) is 0 Å². The summed E-state index contributed by atoms with van der Waals surface area (Å²) in [5, 5.41) is 0. The summed E-state index contributed by atoms with van der Waals surface area (Å²) in [5.74, 6) is -0.439. The number of hydrogen-bond donors (Lipinski definition) is 0. The van der Waals surface area contributed by atoms with Crippen LogP contribution in [0.25, 0.3) is 0 Å². The van der Waals surface area contributed by atoms with Crippen molar-refractivity contribution in [2.45, 2.75) is 66.4 Å². The fraction of sp³-hybridized carbons (Fsp3) is 0.857. The predicted octanol–water partition coefficient (Wildman–Crippen LogP) is 3.09. The van der Waals surface area contributed by atoms with Gasteiger partial charge in [-0.2, -0.15) is 0 Å². The summed E-state index contributed by atoms with van der Waals surface area (Å²) in [6.45, 7) is 11.6. The fourth-order valence-electron chi connectivity index (χ4n) is 1.52. The van der Waals surface area contributed by atoms with Crippen molar-refractivity contribution in [2.75, 3.05) is 6.61 Å². The molecule has 0 atom stereocenters. The Morgan fingerprint density at radius 2 is 1.56 bits per heavy atom. The lowest BCUT2D eigenvalue weighted by molar-refractivity contribution is -0.156. The molecule has 0 aromatic heterocycles. The van der Waals surface area contributed by atoms with Gasteiger partial charge in [-0.25, -0.2) is 0 Å². The van der Waals surface area contributed by atoms with Crippen LogP contribution in [0, 0.1) is 5.41 Å². The maximum Gasteiger partial charge on any atom is 0.306 e. The molecule has 0 aliphatic carbocycles. The van der Waals surface area contributed by atoms with Gasteiger partial charge in [-0.1, -0.05) is 13.8 Å². The van der Waals surface area contributed by atoms with Crippen molar-refractivity contribution >= 4 is 11.9 Å². The minimum Gasteiger partial charge on any atom is -0.466 e. The first-order valence-corrected chi connectivity index (χ1v) is 6.43. The minimum atomic E-state index is -0.456. The Kier molecular flexibility index (Phi) is 6.36. The number of carbonyl (C=O) groups excluding carboxylic acids is 2. The van der Waals surface area contributed by atoms with Gasteiger partial charge in [-0.05, 0) is 39.5 Å². The number of rotatable bonds is 6. The van der Waals surface area contributed by atoms with Crippen molar-refractivity contribution < 1.29 is 19.1 Å². The van der Waals surface area contributed by atoms with Crippen LogP contribution < -0.4 is 0 Å². The van der Waals surface area contributed by atoms with Gasteiger partial charge in [0, 0.05) is 6.42 Å². The number of carbonyl (C=O) groups is 2. The van der Waals surface area contributed by atoms with E-state index in [1.54, 1.807) is 6.92 Å². The van der Waals surface area contributed by atoms with Crippen LogP contribution in [0.1, 0.15) is 60.8 Å². The third-order valence-electron chi connectivity index (χ3n) is 2.35. The molecule has 0 aromatic carbocycles. The van der Waals surface area contributed by atoms with Crippen molar-refractivity contribution in [3.05, 3.63) is 0 Å². The molecule has 4 nitrogen and oxygen atoms in total. The molecule has 0 bridgehead atoms. The van der Waals surface area contributed by atoms with Gasteiger partial charge in [-0.3, -0.25) is 9.59 Å². The Labute approximate surface area is 110 Å². The highest BCUT2D eigenvalue weighted by molar-refractivity contribution is 5.71. The first-order valence-electron chi connectivity index (χ1n) is 6.43. The third kappa shape index (κ3) is 9.02. The summed E-state index contributed by atoms with van der Waals surface area (Å²) in [6, 6.07) is 0. The van der Waals surface area contributed by atoms with E-state index in [-0.39, 0.29) is 17.4 Å². The Bertz CT molecular complexity index is 287. The van der Waals surface area contributed by atoms with Crippen molar-refractivity contribution in [1.29, 1.82) is 0 Å². The molecule has 0 N–H and O–H groups in total. The Morgan fingerprint density at radius 1 is 1.00 bits per heavy atom. The molecular weight excluding hydrogens is 232 g/mol. The molecule has 0 heterocycles. The lowest BCUT2D eigenvalue weighted by Crippen LogP contribution is -2.26. The molecule has 0 saturated heterocycles. The van der Waals surface area contributed by atoms with E-state index in [0.717, 1.165) is 0 Å². The van der Waals surface area contributed by atoms with E-state index in [1.807, 2.05) is 34.6 Å². The SMILES string of the molecule is CCOC(=O)CC(C)(C)CCC(=O)OC(C)(C)C. The Balaban J connectivity index is 4.10. The number of ether oxygens (including phenoxy) is 2. The van der Waals surface area contributed by atoms with Gasteiger partial charge in [0.05, 0.1) is 13.0 Å². The summed E-state index contributed by atoms with van der Waals surface area (Å²) in [7, 11) is 0. The second-order valence-electron chi connectivity index (χ2n) is 6.23. The van der Waals surface area contributed by atoms with Crippen LogP contribution in [-0.4, -0.2) is 24.1 Å².